The molecule has 4 heteroatoms. The fourth-order valence-electron chi connectivity index (χ4n) is 2.73. The monoisotopic (exact) mass is 281 g/mol. The second-order valence-electron chi connectivity index (χ2n) is 5.23. The number of carbonyl (C=O) groups is 1. The topological polar surface area (TPSA) is 45.2 Å². The van der Waals surface area contributed by atoms with Crippen molar-refractivity contribution in [2.24, 2.45) is 0 Å². The maximum Gasteiger partial charge on any atom is 0.227 e. The minimum Gasteiger partial charge on any atom is -0.373 e. The van der Waals surface area contributed by atoms with Gasteiger partial charge in [0, 0.05) is 19.2 Å². The van der Waals surface area contributed by atoms with Crippen LogP contribution >= 0.6 is 0 Å². The lowest BCUT2D eigenvalue weighted by atomic mass is 10.1. The zero-order valence-electron chi connectivity index (χ0n) is 12.2. The molecule has 2 aromatic rings. The Bertz CT molecular complexity index is 654. The van der Waals surface area contributed by atoms with Gasteiger partial charge >= 0.3 is 0 Å². The zero-order valence-corrected chi connectivity index (χ0v) is 12.2. The van der Waals surface area contributed by atoms with Gasteiger partial charge in [-0.1, -0.05) is 24.3 Å². The summed E-state index contributed by atoms with van der Waals surface area (Å²) in [5, 5.41) is 3.03. The fraction of sp³-hybridized carbons (Fsp3) is 0.294. The molecular weight excluding hydrogens is 262 g/mol. The molecule has 0 aliphatic carbocycles. The van der Waals surface area contributed by atoms with Crippen LogP contribution in [0.3, 0.4) is 0 Å². The largest absolute Gasteiger partial charge is 0.373 e. The molecule has 21 heavy (non-hydrogen) atoms. The van der Waals surface area contributed by atoms with Crippen LogP contribution in [0.5, 0.6) is 0 Å². The fourth-order valence-corrected chi connectivity index (χ4v) is 2.73. The number of para-hydroxylation sites is 1. The number of anilines is 2. The molecule has 108 valence electrons. The smallest absolute Gasteiger partial charge is 0.227 e. The van der Waals surface area contributed by atoms with Gasteiger partial charge in [0.15, 0.2) is 0 Å². The van der Waals surface area contributed by atoms with Crippen LogP contribution in [0.1, 0.15) is 24.1 Å². The number of benzene rings is 1. The molecule has 0 saturated heterocycles. The van der Waals surface area contributed by atoms with Gasteiger partial charge in [0.05, 0.1) is 12.2 Å². The highest BCUT2D eigenvalue weighted by atomic mass is 16.2. The Morgan fingerprint density at radius 3 is 2.86 bits per heavy atom. The number of fused-ring (bicyclic) bond motifs is 1. The predicted octanol–water partition coefficient (Wildman–Crippen LogP) is 2.99. The average Bonchev–Trinajstić information content (AvgIpc) is 2.68. The minimum absolute atomic E-state index is 0.177. The first kappa shape index (κ1) is 13.6. The van der Waals surface area contributed by atoms with Gasteiger partial charge in [0.25, 0.3) is 0 Å². The summed E-state index contributed by atoms with van der Waals surface area (Å²) in [6.07, 6.45) is 2.47. The van der Waals surface area contributed by atoms with Crippen LogP contribution in [0.15, 0.2) is 42.5 Å². The molecule has 1 amide bonds. The Morgan fingerprint density at radius 1 is 1.14 bits per heavy atom. The number of amides is 1. The second kappa shape index (κ2) is 5.95. The number of hydrogen-bond acceptors (Lipinski definition) is 3. The number of aromatic nitrogens is 1. The predicted molar refractivity (Wildman–Crippen MR) is 84.4 cm³/mol. The highest BCUT2D eigenvalue weighted by molar-refractivity contribution is 5.94. The standard InChI is InChI=1S/C17H19N3O/c1-18-16-10-5-8-14(19-16)12-20-15-9-3-2-6-13(15)7-4-11-17(20)21/h2-3,5-6,8-10H,4,7,11-12H2,1H3,(H,18,19). The molecule has 1 aromatic carbocycles. The van der Waals surface area contributed by atoms with E-state index in [9.17, 15) is 4.79 Å². The number of hydrogen-bond donors (Lipinski definition) is 1. The van der Waals surface area contributed by atoms with Crippen molar-refractivity contribution in [3.8, 4) is 0 Å². The van der Waals surface area contributed by atoms with E-state index in [0.717, 1.165) is 30.0 Å². The zero-order chi connectivity index (χ0) is 14.7. The number of carbonyl (C=O) groups excluding carboxylic acids is 1. The van der Waals surface area contributed by atoms with Crippen LogP contribution in [-0.2, 0) is 17.8 Å². The Kier molecular flexibility index (Phi) is 3.86. The summed E-state index contributed by atoms with van der Waals surface area (Å²) < 4.78 is 0. The van der Waals surface area contributed by atoms with Gasteiger partial charge in [0.1, 0.15) is 5.82 Å². The van der Waals surface area contributed by atoms with Crippen LogP contribution in [0, 0.1) is 0 Å². The quantitative estimate of drug-likeness (QED) is 0.940. The third-order valence-electron chi connectivity index (χ3n) is 3.80. The first-order valence-corrected chi connectivity index (χ1v) is 7.30. The van der Waals surface area contributed by atoms with Crippen molar-refractivity contribution in [1.29, 1.82) is 0 Å². The molecule has 0 radical (unpaired) electrons. The number of nitrogens with zero attached hydrogens (tertiary/aromatic N) is 2. The second-order valence-corrected chi connectivity index (χ2v) is 5.23. The highest BCUT2D eigenvalue weighted by Gasteiger charge is 2.22. The van der Waals surface area contributed by atoms with Gasteiger partial charge in [-0.3, -0.25) is 4.79 Å². The Hall–Kier alpha value is -2.36. The van der Waals surface area contributed by atoms with Crippen LogP contribution in [-0.4, -0.2) is 17.9 Å². The normalized spacial score (nSPS) is 14.5. The molecular formula is C17H19N3O. The molecule has 0 bridgehead atoms. The molecule has 0 spiro atoms. The van der Waals surface area contributed by atoms with E-state index in [1.807, 2.05) is 48.3 Å². The SMILES string of the molecule is CNc1cccc(CN2C(=O)CCCc3ccccc32)n1. The van der Waals surface area contributed by atoms with E-state index in [0.29, 0.717) is 13.0 Å². The van der Waals surface area contributed by atoms with Crippen LogP contribution in [0.25, 0.3) is 0 Å². The number of rotatable bonds is 3. The van der Waals surface area contributed by atoms with Crippen LogP contribution in [0.4, 0.5) is 11.5 Å². The number of pyridine rings is 1. The molecule has 4 nitrogen and oxygen atoms in total. The van der Waals surface area contributed by atoms with Crippen molar-refractivity contribution in [3.63, 3.8) is 0 Å². The lowest BCUT2D eigenvalue weighted by Crippen LogP contribution is -2.30. The first-order chi connectivity index (χ1) is 10.3. The molecule has 0 saturated carbocycles. The van der Waals surface area contributed by atoms with Gasteiger partial charge in [-0.15, -0.1) is 0 Å². The first-order valence-electron chi connectivity index (χ1n) is 7.30. The lowest BCUT2D eigenvalue weighted by molar-refractivity contribution is -0.118. The number of aryl methyl sites for hydroxylation is 1. The Balaban J connectivity index is 1.93. The lowest BCUT2D eigenvalue weighted by Gasteiger charge is -2.23. The van der Waals surface area contributed by atoms with Crippen LogP contribution < -0.4 is 10.2 Å². The van der Waals surface area contributed by atoms with Crippen molar-refractivity contribution in [1.82, 2.24) is 4.98 Å². The Morgan fingerprint density at radius 2 is 2.00 bits per heavy atom. The van der Waals surface area contributed by atoms with Crippen molar-refractivity contribution < 1.29 is 4.79 Å². The highest BCUT2D eigenvalue weighted by Crippen LogP contribution is 2.28. The van der Waals surface area contributed by atoms with E-state index in [2.05, 4.69) is 16.4 Å². The van der Waals surface area contributed by atoms with E-state index in [1.165, 1.54) is 5.56 Å². The summed E-state index contributed by atoms with van der Waals surface area (Å²) >= 11 is 0. The molecule has 0 atom stereocenters. The average molecular weight is 281 g/mol. The molecule has 1 N–H and O–H groups in total. The summed E-state index contributed by atoms with van der Waals surface area (Å²) in [6, 6.07) is 14.0. The molecule has 0 fully saturated rings. The molecule has 1 aromatic heterocycles. The van der Waals surface area contributed by atoms with Crippen molar-refractivity contribution in [3.05, 3.63) is 53.7 Å². The summed E-state index contributed by atoms with van der Waals surface area (Å²) in [7, 11) is 1.85. The minimum atomic E-state index is 0.177. The van der Waals surface area contributed by atoms with E-state index in [4.69, 9.17) is 0 Å². The molecule has 1 aliphatic rings. The third kappa shape index (κ3) is 2.89. The van der Waals surface area contributed by atoms with Gasteiger partial charge in [-0.05, 0) is 36.6 Å². The van der Waals surface area contributed by atoms with Gasteiger partial charge in [-0.2, -0.15) is 0 Å². The van der Waals surface area contributed by atoms with E-state index in [1.54, 1.807) is 0 Å². The van der Waals surface area contributed by atoms with E-state index in [-0.39, 0.29) is 5.91 Å². The van der Waals surface area contributed by atoms with E-state index < -0.39 is 0 Å². The summed E-state index contributed by atoms with van der Waals surface area (Å²) in [4.78, 5) is 18.8. The van der Waals surface area contributed by atoms with Crippen molar-refractivity contribution in [2.45, 2.75) is 25.8 Å². The molecule has 1 aliphatic heterocycles. The molecule has 3 rings (SSSR count). The van der Waals surface area contributed by atoms with Crippen molar-refractivity contribution in [2.75, 3.05) is 17.3 Å². The molecule has 0 unspecified atom stereocenters. The van der Waals surface area contributed by atoms with Crippen molar-refractivity contribution >= 4 is 17.4 Å². The molecule has 2 heterocycles. The van der Waals surface area contributed by atoms with Gasteiger partial charge in [-0.25, -0.2) is 4.98 Å². The van der Waals surface area contributed by atoms with Gasteiger partial charge < -0.3 is 10.2 Å². The van der Waals surface area contributed by atoms with Gasteiger partial charge in [0.2, 0.25) is 5.91 Å². The van der Waals surface area contributed by atoms with Crippen LogP contribution in [0.2, 0.25) is 0 Å². The summed E-state index contributed by atoms with van der Waals surface area (Å²) in [5.74, 6) is 1.000. The maximum absolute atomic E-state index is 12.4. The summed E-state index contributed by atoms with van der Waals surface area (Å²) in [6.45, 7) is 0.519. The Labute approximate surface area is 124 Å². The third-order valence-corrected chi connectivity index (χ3v) is 3.80. The number of nitrogens with one attached hydrogen (secondary N) is 1. The van der Waals surface area contributed by atoms with E-state index >= 15 is 0 Å². The maximum atomic E-state index is 12.4. The summed E-state index contributed by atoms with van der Waals surface area (Å²) in [5.41, 5.74) is 3.16.